The van der Waals surface area contributed by atoms with E-state index in [-0.39, 0.29) is 5.41 Å². The molecule has 0 radical (unpaired) electrons. The summed E-state index contributed by atoms with van der Waals surface area (Å²) in [5.74, 6) is 1.16. The lowest BCUT2D eigenvalue weighted by atomic mass is 9.84. The SMILES string of the molecule is COc1ccc(Br)c(CC2(O)CC(C)(C)CC2C)c1. The van der Waals surface area contributed by atoms with Gasteiger partial charge in [-0.15, -0.1) is 0 Å². The van der Waals surface area contributed by atoms with Gasteiger partial charge in [-0.05, 0) is 47.9 Å². The van der Waals surface area contributed by atoms with E-state index in [1.54, 1.807) is 7.11 Å². The average Bonchev–Trinajstić information content (AvgIpc) is 2.50. The summed E-state index contributed by atoms with van der Waals surface area (Å²) >= 11 is 3.57. The first-order valence-corrected chi connectivity index (χ1v) is 7.60. The quantitative estimate of drug-likeness (QED) is 0.902. The molecule has 0 heterocycles. The van der Waals surface area contributed by atoms with Crippen molar-refractivity contribution in [3.05, 3.63) is 28.2 Å². The van der Waals surface area contributed by atoms with Crippen LogP contribution in [0.15, 0.2) is 22.7 Å². The van der Waals surface area contributed by atoms with E-state index in [2.05, 4.69) is 36.7 Å². The molecule has 0 bridgehead atoms. The van der Waals surface area contributed by atoms with Gasteiger partial charge in [0.2, 0.25) is 0 Å². The first-order chi connectivity index (χ1) is 8.76. The molecule has 2 rings (SSSR count). The highest BCUT2D eigenvalue weighted by Gasteiger charge is 2.47. The second-order valence-electron chi connectivity index (χ2n) is 6.68. The van der Waals surface area contributed by atoms with Crippen LogP contribution in [0.4, 0.5) is 0 Å². The van der Waals surface area contributed by atoms with Crippen LogP contribution < -0.4 is 4.74 Å². The van der Waals surface area contributed by atoms with Crippen LogP contribution in [0.25, 0.3) is 0 Å². The third-order valence-electron chi connectivity index (χ3n) is 4.31. The highest BCUT2D eigenvalue weighted by atomic mass is 79.9. The number of halogens is 1. The molecular formula is C16H23BrO2. The van der Waals surface area contributed by atoms with Crippen molar-refractivity contribution in [3.63, 3.8) is 0 Å². The molecule has 106 valence electrons. The van der Waals surface area contributed by atoms with Gasteiger partial charge in [-0.25, -0.2) is 0 Å². The van der Waals surface area contributed by atoms with Crippen molar-refractivity contribution in [2.75, 3.05) is 7.11 Å². The summed E-state index contributed by atoms with van der Waals surface area (Å²) < 4.78 is 6.31. The number of hydrogen-bond donors (Lipinski definition) is 1. The van der Waals surface area contributed by atoms with E-state index < -0.39 is 5.60 Å². The van der Waals surface area contributed by atoms with Crippen molar-refractivity contribution in [2.24, 2.45) is 11.3 Å². The third kappa shape index (κ3) is 3.14. The summed E-state index contributed by atoms with van der Waals surface area (Å²) in [7, 11) is 1.67. The molecule has 1 N–H and O–H groups in total. The molecule has 1 aliphatic carbocycles. The van der Waals surface area contributed by atoms with Gasteiger partial charge in [-0.1, -0.05) is 36.7 Å². The van der Waals surface area contributed by atoms with E-state index in [4.69, 9.17) is 4.74 Å². The molecule has 3 heteroatoms. The fraction of sp³-hybridized carbons (Fsp3) is 0.625. The highest BCUT2D eigenvalue weighted by molar-refractivity contribution is 9.10. The molecule has 1 aromatic carbocycles. The minimum absolute atomic E-state index is 0.222. The zero-order valence-electron chi connectivity index (χ0n) is 12.2. The van der Waals surface area contributed by atoms with E-state index in [9.17, 15) is 5.11 Å². The molecule has 0 spiro atoms. The Kier molecular flexibility index (Phi) is 3.99. The summed E-state index contributed by atoms with van der Waals surface area (Å²) in [6, 6.07) is 5.93. The van der Waals surface area contributed by atoms with Crippen molar-refractivity contribution in [2.45, 2.75) is 45.6 Å². The lowest BCUT2D eigenvalue weighted by Crippen LogP contribution is -2.34. The van der Waals surface area contributed by atoms with Crippen molar-refractivity contribution >= 4 is 15.9 Å². The van der Waals surface area contributed by atoms with Crippen LogP contribution >= 0.6 is 15.9 Å². The monoisotopic (exact) mass is 326 g/mol. The molecule has 1 aromatic rings. The molecule has 0 aromatic heterocycles. The fourth-order valence-corrected chi connectivity index (χ4v) is 3.86. The molecule has 2 nitrogen and oxygen atoms in total. The molecule has 0 saturated heterocycles. The Labute approximate surface area is 124 Å². The predicted octanol–water partition coefficient (Wildman–Crippen LogP) is 4.19. The van der Waals surface area contributed by atoms with Gasteiger partial charge in [-0.2, -0.15) is 0 Å². The second kappa shape index (κ2) is 5.10. The number of methoxy groups -OCH3 is 1. The standard InChI is InChI=1S/C16H23BrO2/c1-11-8-15(2,3)10-16(11,18)9-12-7-13(19-4)5-6-14(12)17/h5-7,11,18H,8-10H2,1-4H3. The molecule has 0 aliphatic heterocycles. The van der Waals surface area contributed by atoms with E-state index in [0.29, 0.717) is 12.3 Å². The van der Waals surface area contributed by atoms with E-state index in [0.717, 1.165) is 28.6 Å². The Balaban J connectivity index is 2.25. The van der Waals surface area contributed by atoms with E-state index >= 15 is 0 Å². The maximum absolute atomic E-state index is 11.0. The van der Waals surface area contributed by atoms with Crippen LogP contribution in [0, 0.1) is 11.3 Å². The molecule has 1 aliphatic rings. The largest absolute Gasteiger partial charge is 0.497 e. The van der Waals surface area contributed by atoms with Crippen molar-refractivity contribution in [1.82, 2.24) is 0 Å². The predicted molar refractivity (Wildman–Crippen MR) is 81.5 cm³/mol. The molecule has 1 fully saturated rings. The number of benzene rings is 1. The number of ether oxygens (including phenoxy) is 1. The van der Waals surface area contributed by atoms with Crippen LogP contribution in [0.5, 0.6) is 5.75 Å². The van der Waals surface area contributed by atoms with Gasteiger partial charge in [0.1, 0.15) is 5.75 Å². The molecule has 2 atom stereocenters. The maximum Gasteiger partial charge on any atom is 0.119 e. The van der Waals surface area contributed by atoms with Crippen LogP contribution in [-0.2, 0) is 6.42 Å². The van der Waals surface area contributed by atoms with Crippen LogP contribution in [0.3, 0.4) is 0 Å². The molecule has 19 heavy (non-hydrogen) atoms. The normalized spacial score (nSPS) is 29.5. The zero-order chi connectivity index (χ0) is 14.3. The number of aliphatic hydroxyl groups is 1. The second-order valence-corrected chi connectivity index (χ2v) is 7.54. The molecule has 1 saturated carbocycles. The Bertz CT molecular complexity index is 470. The zero-order valence-corrected chi connectivity index (χ0v) is 13.8. The summed E-state index contributed by atoms with van der Waals surface area (Å²) in [6.07, 6.45) is 2.60. The Morgan fingerprint density at radius 2 is 2.11 bits per heavy atom. The summed E-state index contributed by atoms with van der Waals surface area (Å²) in [5, 5.41) is 11.0. The Morgan fingerprint density at radius 1 is 1.42 bits per heavy atom. The minimum atomic E-state index is -0.613. The third-order valence-corrected chi connectivity index (χ3v) is 5.08. The summed E-state index contributed by atoms with van der Waals surface area (Å²) in [5.41, 5.74) is 0.726. The van der Waals surface area contributed by atoms with E-state index in [1.165, 1.54) is 0 Å². The summed E-state index contributed by atoms with van der Waals surface area (Å²) in [6.45, 7) is 6.63. The smallest absolute Gasteiger partial charge is 0.119 e. The topological polar surface area (TPSA) is 29.5 Å². The van der Waals surface area contributed by atoms with Crippen molar-refractivity contribution < 1.29 is 9.84 Å². The van der Waals surface area contributed by atoms with Crippen LogP contribution in [0.2, 0.25) is 0 Å². The van der Waals surface area contributed by atoms with Crippen molar-refractivity contribution in [3.8, 4) is 5.75 Å². The van der Waals surface area contributed by atoms with Gasteiger partial charge in [-0.3, -0.25) is 0 Å². The lowest BCUT2D eigenvalue weighted by molar-refractivity contribution is 0.00428. The molecule has 2 unspecified atom stereocenters. The van der Waals surface area contributed by atoms with Gasteiger partial charge in [0.15, 0.2) is 0 Å². The van der Waals surface area contributed by atoms with Crippen LogP contribution in [0.1, 0.15) is 39.2 Å². The van der Waals surface area contributed by atoms with Gasteiger partial charge in [0.05, 0.1) is 12.7 Å². The highest BCUT2D eigenvalue weighted by Crippen LogP contribution is 2.49. The molecule has 0 amide bonds. The average molecular weight is 327 g/mol. The first-order valence-electron chi connectivity index (χ1n) is 6.81. The summed E-state index contributed by atoms with van der Waals surface area (Å²) in [4.78, 5) is 0. The number of rotatable bonds is 3. The Morgan fingerprint density at radius 3 is 2.63 bits per heavy atom. The van der Waals surface area contributed by atoms with Gasteiger partial charge < -0.3 is 9.84 Å². The molecular weight excluding hydrogens is 304 g/mol. The maximum atomic E-state index is 11.0. The lowest BCUT2D eigenvalue weighted by Gasteiger charge is -2.29. The number of hydrogen-bond acceptors (Lipinski definition) is 2. The van der Waals surface area contributed by atoms with E-state index in [1.807, 2.05) is 18.2 Å². The van der Waals surface area contributed by atoms with Gasteiger partial charge in [0, 0.05) is 10.9 Å². The fourth-order valence-electron chi connectivity index (χ4n) is 3.47. The van der Waals surface area contributed by atoms with Gasteiger partial charge in [0.25, 0.3) is 0 Å². The van der Waals surface area contributed by atoms with Crippen molar-refractivity contribution in [1.29, 1.82) is 0 Å². The minimum Gasteiger partial charge on any atom is -0.497 e. The Hall–Kier alpha value is -0.540. The van der Waals surface area contributed by atoms with Crippen LogP contribution in [-0.4, -0.2) is 17.8 Å². The van der Waals surface area contributed by atoms with Gasteiger partial charge >= 0.3 is 0 Å². The first kappa shape index (κ1) is 14.9.